The summed E-state index contributed by atoms with van der Waals surface area (Å²) in [4.78, 5) is 23.8. The van der Waals surface area contributed by atoms with Gasteiger partial charge in [-0.25, -0.2) is 14.0 Å². The largest absolute Gasteiger partial charge is 0.495 e. The number of nitrogens with one attached hydrogen (secondary N) is 2. The summed E-state index contributed by atoms with van der Waals surface area (Å²) in [5.74, 6) is -1.30. The van der Waals surface area contributed by atoms with Crippen molar-refractivity contribution in [1.29, 1.82) is 0 Å². The van der Waals surface area contributed by atoms with Crippen molar-refractivity contribution in [1.82, 2.24) is 0 Å². The molecule has 2 amide bonds. The minimum atomic E-state index is -4.62. The number of carbonyl (C=O) groups excluding carboxylic acids is 2. The number of anilines is 2. The third-order valence-electron chi connectivity index (χ3n) is 3.72. The lowest BCUT2D eigenvalue weighted by atomic mass is 10.1. The van der Waals surface area contributed by atoms with Crippen molar-refractivity contribution in [3.8, 4) is 5.75 Å². The second-order valence-electron chi connectivity index (χ2n) is 5.81. The Morgan fingerprint density at radius 3 is 2.40 bits per heavy atom. The first-order valence-corrected chi connectivity index (χ1v) is 8.61. The van der Waals surface area contributed by atoms with E-state index < -0.39 is 29.6 Å². The number of hydrogen-bond acceptors (Lipinski definition) is 4. The van der Waals surface area contributed by atoms with Gasteiger partial charge in [-0.05, 0) is 55.0 Å². The molecule has 0 heterocycles. The molecule has 0 radical (unpaired) electrons. The fraction of sp³-hybridized carbons (Fsp3) is 0.200. The van der Waals surface area contributed by atoms with Gasteiger partial charge in [-0.1, -0.05) is 0 Å². The van der Waals surface area contributed by atoms with Crippen LogP contribution in [-0.4, -0.2) is 25.7 Å². The Kier molecular flexibility index (Phi) is 7.40. The molecule has 0 saturated carbocycles. The lowest BCUT2D eigenvalue weighted by Gasteiger charge is -2.15. The van der Waals surface area contributed by atoms with E-state index in [1.54, 1.807) is 6.92 Å². The molecule has 160 valence electrons. The molecule has 0 aliphatic rings. The lowest BCUT2D eigenvalue weighted by molar-refractivity contribution is -0.138. The standard InChI is InChI=1S/C20H18F4N2O4/c1-3-30-18(27)9-5-12-4-7-14(21)11-15(12)25-19(28)26-16-10-13(20(22,23)24)6-8-17(16)29-2/h4-11H,3H2,1-2H3,(H2,25,26,28)/b9-5+. The quantitative estimate of drug-likeness (QED) is 0.384. The Morgan fingerprint density at radius 2 is 1.77 bits per heavy atom. The number of rotatable bonds is 6. The van der Waals surface area contributed by atoms with Crippen molar-refractivity contribution in [3.05, 3.63) is 59.4 Å². The molecule has 0 spiro atoms. The van der Waals surface area contributed by atoms with E-state index in [0.717, 1.165) is 30.3 Å². The van der Waals surface area contributed by atoms with E-state index >= 15 is 0 Å². The van der Waals surface area contributed by atoms with E-state index in [-0.39, 0.29) is 29.3 Å². The van der Waals surface area contributed by atoms with Crippen LogP contribution in [0.2, 0.25) is 0 Å². The maximum Gasteiger partial charge on any atom is 0.416 e. The number of ether oxygens (including phenoxy) is 2. The zero-order valence-electron chi connectivity index (χ0n) is 16.0. The van der Waals surface area contributed by atoms with Crippen LogP contribution in [0.5, 0.6) is 5.75 Å². The zero-order chi connectivity index (χ0) is 22.3. The van der Waals surface area contributed by atoms with Crippen molar-refractivity contribution in [2.45, 2.75) is 13.1 Å². The van der Waals surface area contributed by atoms with Crippen LogP contribution in [0.1, 0.15) is 18.1 Å². The maximum absolute atomic E-state index is 13.6. The Labute approximate surface area is 169 Å². The molecule has 0 aliphatic carbocycles. The average Bonchev–Trinajstić information content (AvgIpc) is 2.66. The summed E-state index contributed by atoms with van der Waals surface area (Å²) in [6, 6.07) is 5.07. The Morgan fingerprint density at radius 1 is 1.07 bits per heavy atom. The van der Waals surface area contributed by atoms with Crippen molar-refractivity contribution >= 4 is 29.5 Å². The molecule has 0 bridgehead atoms. The Balaban J connectivity index is 2.24. The molecule has 0 aliphatic heterocycles. The highest BCUT2D eigenvalue weighted by Gasteiger charge is 2.31. The summed E-state index contributed by atoms with van der Waals surface area (Å²) in [5.41, 5.74) is -0.957. The van der Waals surface area contributed by atoms with Gasteiger partial charge in [0.05, 0.1) is 30.7 Å². The number of urea groups is 1. The molecule has 0 saturated heterocycles. The Hall–Kier alpha value is -3.56. The number of carbonyl (C=O) groups is 2. The fourth-order valence-electron chi connectivity index (χ4n) is 2.39. The molecular formula is C20H18F4N2O4. The van der Waals surface area contributed by atoms with Crippen LogP contribution < -0.4 is 15.4 Å². The van der Waals surface area contributed by atoms with Gasteiger partial charge in [0.15, 0.2) is 0 Å². The van der Waals surface area contributed by atoms with Gasteiger partial charge >= 0.3 is 18.2 Å². The first kappa shape index (κ1) is 22.7. The third kappa shape index (κ3) is 6.23. The van der Waals surface area contributed by atoms with Crippen LogP contribution in [0.25, 0.3) is 6.08 Å². The van der Waals surface area contributed by atoms with E-state index in [9.17, 15) is 27.2 Å². The minimum Gasteiger partial charge on any atom is -0.495 e. The van der Waals surface area contributed by atoms with E-state index in [2.05, 4.69) is 10.6 Å². The molecule has 0 aromatic heterocycles. The van der Waals surface area contributed by atoms with Gasteiger partial charge in [-0.3, -0.25) is 0 Å². The van der Waals surface area contributed by atoms with Gasteiger partial charge in [-0.2, -0.15) is 13.2 Å². The van der Waals surface area contributed by atoms with Crippen molar-refractivity contribution in [3.63, 3.8) is 0 Å². The summed E-state index contributed by atoms with van der Waals surface area (Å²) in [5, 5.41) is 4.58. The molecule has 30 heavy (non-hydrogen) atoms. The second-order valence-corrected chi connectivity index (χ2v) is 5.81. The molecular weight excluding hydrogens is 408 g/mol. The van der Waals surface area contributed by atoms with Gasteiger partial charge in [0.1, 0.15) is 11.6 Å². The highest BCUT2D eigenvalue weighted by molar-refractivity contribution is 6.02. The molecule has 0 atom stereocenters. The Bertz CT molecular complexity index is 958. The highest BCUT2D eigenvalue weighted by atomic mass is 19.4. The molecule has 2 aromatic rings. The van der Waals surface area contributed by atoms with E-state index in [1.807, 2.05) is 0 Å². The molecule has 10 heteroatoms. The number of alkyl halides is 3. The lowest BCUT2D eigenvalue weighted by Crippen LogP contribution is -2.21. The van der Waals surface area contributed by atoms with E-state index in [0.29, 0.717) is 6.07 Å². The number of methoxy groups -OCH3 is 1. The monoisotopic (exact) mass is 426 g/mol. The van der Waals surface area contributed by atoms with Gasteiger partial charge < -0.3 is 20.1 Å². The summed E-state index contributed by atoms with van der Waals surface area (Å²) < 4.78 is 62.1. The molecule has 2 aromatic carbocycles. The van der Waals surface area contributed by atoms with Gasteiger partial charge in [0, 0.05) is 6.08 Å². The number of benzene rings is 2. The van der Waals surface area contributed by atoms with Crippen LogP contribution in [0.15, 0.2) is 42.5 Å². The number of esters is 1. The average molecular weight is 426 g/mol. The molecule has 0 fully saturated rings. The normalized spacial score (nSPS) is 11.3. The summed E-state index contributed by atoms with van der Waals surface area (Å²) in [6.45, 7) is 1.79. The summed E-state index contributed by atoms with van der Waals surface area (Å²) in [6.07, 6.45) is -2.22. The summed E-state index contributed by atoms with van der Waals surface area (Å²) >= 11 is 0. The zero-order valence-corrected chi connectivity index (χ0v) is 16.0. The first-order valence-electron chi connectivity index (χ1n) is 8.61. The molecule has 2 rings (SSSR count). The first-order chi connectivity index (χ1) is 14.1. The van der Waals surface area contributed by atoms with Gasteiger partial charge in [0.25, 0.3) is 0 Å². The number of halogens is 4. The van der Waals surface area contributed by atoms with Crippen LogP contribution in [0.3, 0.4) is 0 Å². The van der Waals surface area contributed by atoms with E-state index in [1.165, 1.54) is 19.3 Å². The molecule has 0 unspecified atom stereocenters. The van der Waals surface area contributed by atoms with Crippen LogP contribution in [0.4, 0.5) is 33.7 Å². The number of hydrogen-bond donors (Lipinski definition) is 2. The van der Waals surface area contributed by atoms with Gasteiger partial charge in [-0.15, -0.1) is 0 Å². The van der Waals surface area contributed by atoms with Gasteiger partial charge in [0.2, 0.25) is 0 Å². The SMILES string of the molecule is CCOC(=O)/C=C/c1ccc(F)cc1NC(=O)Nc1cc(C(F)(F)F)ccc1OC. The van der Waals surface area contributed by atoms with Crippen LogP contribution in [0, 0.1) is 5.82 Å². The van der Waals surface area contributed by atoms with Crippen molar-refractivity contribution < 1.29 is 36.6 Å². The highest BCUT2D eigenvalue weighted by Crippen LogP contribution is 2.35. The van der Waals surface area contributed by atoms with Crippen molar-refractivity contribution in [2.24, 2.45) is 0 Å². The predicted molar refractivity (Wildman–Crippen MR) is 103 cm³/mol. The van der Waals surface area contributed by atoms with Crippen LogP contribution >= 0.6 is 0 Å². The smallest absolute Gasteiger partial charge is 0.416 e. The predicted octanol–water partition coefficient (Wildman–Crippen LogP) is 5.07. The van der Waals surface area contributed by atoms with E-state index in [4.69, 9.17) is 9.47 Å². The number of amides is 2. The third-order valence-corrected chi connectivity index (χ3v) is 3.72. The topological polar surface area (TPSA) is 76.7 Å². The molecule has 6 nitrogen and oxygen atoms in total. The summed E-state index contributed by atoms with van der Waals surface area (Å²) in [7, 11) is 1.23. The second kappa shape index (κ2) is 9.77. The van der Waals surface area contributed by atoms with Crippen LogP contribution in [-0.2, 0) is 15.7 Å². The molecule has 2 N–H and O–H groups in total. The van der Waals surface area contributed by atoms with Crippen molar-refractivity contribution in [2.75, 3.05) is 24.4 Å². The maximum atomic E-state index is 13.6. The minimum absolute atomic E-state index is 0.000164. The fourth-order valence-corrected chi connectivity index (χ4v) is 2.39.